The number of ether oxygens (including phenoxy) is 3. The topological polar surface area (TPSA) is 44.8 Å². The average molecular weight is 543 g/mol. The summed E-state index contributed by atoms with van der Waals surface area (Å²) in [6.07, 6.45) is 16.0. The minimum Gasteiger partial charge on any atom is -0.494 e. The van der Waals surface area contributed by atoms with Crippen LogP contribution in [0.1, 0.15) is 95.3 Å². The molecule has 4 heteroatoms. The van der Waals surface area contributed by atoms with Crippen LogP contribution in [0.25, 0.3) is 11.1 Å². The Bertz CT molecular complexity index is 1130. The van der Waals surface area contributed by atoms with Crippen molar-refractivity contribution in [2.75, 3.05) is 6.61 Å². The SMILES string of the molecule is CCCCCC/C=C/Oc1ccc(-c2ccc(C(=O)Oc3ccc(OCCCCC[C@@H](C)CC)cc3)cc2)cc1. The molecule has 0 aliphatic rings. The number of unbranched alkanes of at least 4 members (excludes halogenated alkanes) is 6. The fourth-order valence-electron chi connectivity index (χ4n) is 4.34. The van der Waals surface area contributed by atoms with Gasteiger partial charge in [0.05, 0.1) is 18.4 Å². The van der Waals surface area contributed by atoms with E-state index in [0.717, 1.165) is 41.4 Å². The second kappa shape index (κ2) is 17.9. The second-order valence-corrected chi connectivity index (χ2v) is 10.5. The van der Waals surface area contributed by atoms with Gasteiger partial charge in [-0.25, -0.2) is 4.79 Å². The van der Waals surface area contributed by atoms with Crippen molar-refractivity contribution in [2.24, 2.45) is 5.92 Å². The molecule has 214 valence electrons. The van der Waals surface area contributed by atoms with E-state index in [4.69, 9.17) is 14.2 Å². The zero-order valence-electron chi connectivity index (χ0n) is 24.6. The summed E-state index contributed by atoms with van der Waals surface area (Å²) in [5.41, 5.74) is 2.59. The Morgan fingerprint density at radius 1 is 0.725 bits per heavy atom. The van der Waals surface area contributed by atoms with Gasteiger partial charge in [0.25, 0.3) is 0 Å². The molecule has 0 amide bonds. The van der Waals surface area contributed by atoms with E-state index in [0.29, 0.717) is 17.9 Å². The molecule has 0 aliphatic carbocycles. The standard InChI is InChI=1S/C36H46O4/c1-4-6-7-8-9-12-27-38-33-21-19-31(20-22-33)30-15-17-32(18-16-30)36(37)40-35-25-23-34(24-26-35)39-28-13-10-11-14-29(3)5-2/h12,15-27,29H,4-11,13-14,28H2,1-3H3/b27-12+/t29-/m0/s1. The molecule has 0 fully saturated rings. The van der Waals surface area contributed by atoms with Crippen molar-refractivity contribution in [2.45, 2.75) is 85.0 Å². The van der Waals surface area contributed by atoms with Gasteiger partial charge in [0.1, 0.15) is 17.2 Å². The fraction of sp³-hybridized carbons (Fsp3) is 0.417. The fourth-order valence-corrected chi connectivity index (χ4v) is 4.34. The number of carbonyl (C=O) groups is 1. The van der Waals surface area contributed by atoms with E-state index >= 15 is 0 Å². The number of benzene rings is 3. The maximum atomic E-state index is 12.7. The summed E-state index contributed by atoms with van der Waals surface area (Å²) < 4.78 is 17.1. The van der Waals surface area contributed by atoms with Crippen molar-refractivity contribution in [1.82, 2.24) is 0 Å². The van der Waals surface area contributed by atoms with E-state index in [9.17, 15) is 4.79 Å². The van der Waals surface area contributed by atoms with E-state index in [1.54, 1.807) is 30.5 Å². The summed E-state index contributed by atoms with van der Waals surface area (Å²) >= 11 is 0. The Balaban J connectivity index is 1.41. The number of allylic oxidation sites excluding steroid dienone is 1. The summed E-state index contributed by atoms with van der Waals surface area (Å²) in [4.78, 5) is 12.7. The molecule has 3 aromatic rings. The van der Waals surface area contributed by atoms with Crippen molar-refractivity contribution < 1.29 is 19.0 Å². The van der Waals surface area contributed by atoms with Crippen molar-refractivity contribution in [3.8, 4) is 28.4 Å². The maximum Gasteiger partial charge on any atom is 0.343 e. The van der Waals surface area contributed by atoms with Crippen LogP contribution in [0.4, 0.5) is 0 Å². The van der Waals surface area contributed by atoms with Crippen molar-refractivity contribution in [3.05, 3.63) is 90.7 Å². The molecule has 0 aromatic heterocycles. The van der Waals surface area contributed by atoms with Crippen LogP contribution in [0, 0.1) is 5.92 Å². The summed E-state index contributed by atoms with van der Waals surface area (Å²) in [6, 6.07) is 22.7. The number of esters is 1. The lowest BCUT2D eigenvalue weighted by molar-refractivity contribution is 0.0734. The third-order valence-electron chi connectivity index (χ3n) is 7.17. The second-order valence-electron chi connectivity index (χ2n) is 10.5. The lowest BCUT2D eigenvalue weighted by atomic mass is 10.0. The molecule has 0 radical (unpaired) electrons. The summed E-state index contributed by atoms with van der Waals surface area (Å²) in [7, 11) is 0. The normalized spacial score (nSPS) is 11.9. The minimum absolute atomic E-state index is 0.383. The average Bonchev–Trinajstić information content (AvgIpc) is 2.99. The highest BCUT2D eigenvalue weighted by molar-refractivity contribution is 5.91. The number of rotatable bonds is 18. The summed E-state index contributed by atoms with van der Waals surface area (Å²) in [5, 5.41) is 0. The highest BCUT2D eigenvalue weighted by atomic mass is 16.5. The molecule has 1 atom stereocenters. The van der Waals surface area contributed by atoms with Crippen LogP contribution in [-0.2, 0) is 0 Å². The van der Waals surface area contributed by atoms with Crippen molar-refractivity contribution >= 4 is 5.97 Å². The first-order valence-corrected chi connectivity index (χ1v) is 15.1. The van der Waals surface area contributed by atoms with Crippen LogP contribution in [0.15, 0.2) is 85.1 Å². The zero-order chi connectivity index (χ0) is 28.4. The summed E-state index contributed by atoms with van der Waals surface area (Å²) in [6.45, 7) is 7.49. The Morgan fingerprint density at radius 2 is 1.35 bits per heavy atom. The highest BCUT2D eigenvalue weighted by Crippen LogP contribution is 2.24. The maximum absolute atomic E-state index is 12.7. The molecule has 4 nitrogen and oxygen atoms in total. The van der Waals surface area contributed by atoms with Crippen molar-refractivity contribution in [1.29, 1.82) is 0 Å². The molecule has 0 aliphatic heterocycles. The molecule has 40 heavy (non-hydrogen) atoms. The van der Waals surface area contributed by atoms with Gasteiger partial charge in [-0.2, -0.15) is 0 Å². The van der Waals surface area contributed by atoms with Gasteiger partial charge < -0.3 is 14.2 Å². The molecule has 0 spiro atoms. The van der Waals surface area contributed by atoms with E-state index in [1.165, 1.54) is 51.4 Å². The minimum atomic E-state index is -0.383. The predicted octanol–water partition coefficient (Wildman–Crippen LogP) is 10.4. The molecular formula is C36H46O4. The van der Waals surface area contributed by atoms with Crippen LogP contribution in [-0.4, -0.2) is 12.6 Å². The first-order chi connectivity index (χ1) is 19.6. The van der Waals surface area contributed by atoms with Gasteiger partial charge in [0.15, 0.2) is 0 Å². The largest absolute Gasteiger partial charge is 0.494 e. The van der Waals surface area contributed by atoms with E-state index in [2.05, 4.69) is 26.8 Å². The Labute approximate surface area is 241 Å². The van der Waals surface area contributed by atoms with E-state index < -0.39 is 0 Å². The monoisotopic (exact) mass is 542 g/mol. The van der Waals surface area contributed by atoms with E-state index in [-0.39, 0.29) is 5.97 Å². The van der Waals surface area contributed by atoms with Gasteiger partial charge in [-0.05, 0) is 90.9 Å². The zero-order valence-corrected chi connectivity index (χ0v) is 24.6. The Morgan fingerprint density at radius 3 is 2.02 bits per heavy atom. The van der Waals surface area contributed by atoms with Crippen LogP contribution < -0.4 is 14.2 Å². The first-order valence-electron chi connectivity index (χ1n) is 15.1. The molecule has 0 heterocycles. The highest BCUT2D eigenvalue weighted by Gasteiger charge is 2.10. The van der Waals surface area contributed by atoms with Gasteiger partial charge in [-0.1, -0.05) is 90.0 Å². The van der Waals surface area contributed by atoms with Crippen LogP contribution in [0.2, 0.25) is 0 Å². The molecule has 0 saturated heterocycles. The molecule has 3 aromatic carbocycles. The molecular weight excluding hydrogens is 496 g/mol. The quantitative estimate of drug-likeness (QED) is 0.0694. The lowest BCUT2D eigenvalue weighted by Gasteiger charge is -2.09. The van der Waals surface area contributed by atoms with Gasteiger partial charge in [-0.3, -0.25) is 0 Å². The van der Waals surface area contributed by atoms with Crippen LogP contribution in [0.3, 0.4) is 0 Å². The predicted molar refractivity (Wildman–Crippen MR) is 165 cm³/mol. The molecule has 0 saturated carbocycles. The molecule has 0 bridgehead atoms. The van der Waals surface area contributed by atoms with E-state index in [1.807, 2.05) is 48.5 Å². The molecule has 0 N–H and O–H groups in total. The van der Waals surface area contributed by atoms with Gasteiger partial charge in [0.2, 0.25) is 0 Å². The number of carbonyl (C=O) groups excluding carboxylic acids is 1. The van der Waals surface area contributed by atoms with Crippen LogP contribution >= 0.6 is 0 Å². The molecule has 0 unspecified atom stereocenters. The molecule has 3 rings (SSSR count). The number of hydrogen-bond acceptors (Lipinski definition) is 4. The van der Waals surface area contributed by atoms with Gasteiger partial charge in [-0.15, -0.1) is 0 Å². The van der Waals surface area contributed by atoms with Crippen LogP contribution in [0.5, 0.6) is 17.2 Å². The Kier molecular flexibility index (Phi) is 13.9. The summed E-state index contributed by atoms with van der Waals surface area (Å²) in [5.74, 6) is 2.53. The first kappa shape index (κ1) is 31.0. The third-order valence-corrected chi connectivity index (χ3v) is 7.17. The smallest absolute Gasteiger partial charge is 0.343 e. The number of hydrogen-bond donors (Lipinski definition) is 0. The van der Waals surface area contributed by atoms with Gasteiger partial charge >= 0.3 is 5.97 Å². The van der Waals surface area contributed by atoms with Gasteiger partial charge in [0, 0.05) is 0 Å². The lowest BCUT2D eigenvalue weighted by Crippen LogP contribution is -2.08. The van der Waals surface area contributed by atoms with Crippen molar-refractivity contribution in [3.63, 3.8) is 0 Å². The Hall–Kier alpha value is -3.53. The third kappa shape index (κ3) is 11.3.